The standard InChI is InChI=1S/C17H24ClNO2/c1-3-20-17(21-4-2,15-12-8-9-13-19-15)16(18)14-10-6-5-7-11-14/h8-9,12-13H,3-7,10-11H2,1-2H3. The van der Waals surface area contributed by atoms with Gasteiger partial charge in [0.2, 0.25) is 0 Å². The summed E-state index contributed by atoms with van der Waals surface area (Å²) in [4.78, 5) is 4.44. The van der Waals surface area contributed by atoms with E-state index in [2.05, 4.69) is 4.98 Å². The van der Waals surface area contributed by atoms with Gasteiger partial charge in [0.1, 0.15) is 5.69 Å². The molecule has 0 amide bonds. The third kappa shape index (κ3) is 3.65. The first-order chi connectivity index (χ1) is 10.2. The van der Waals surface area contributed by atoms with E-state index < -0.39 is 5.79 Å². The SMILES string of the molecule is CCOC(OCC)(C(Cl)=C1CCCCC1)c1ccccn1. The molecule has 1 aliphatic carbocycles. The second-order valence-corrected chi connectivity index (χ2v) is 5.55. The molecule has 0 bridgehead atoms. The van der Waals surface area contributed by atoms with E-state index in [-0.39, 0.29) is 0 Å². The number of nitrogens with zero attached hydrogens (tertiary/aromatic N) is 1. The van der Waals surface area contributed by atoms with Crippen LogP contribution in [0.1, 0.15) is 51.6 Å². The topological polar surface area (TPSA) is 31.4 Å². The van der Waals surface area contributed by atoms with Gasteiger partial charge in [-0.05, 0) is 57.2 Å². The van der Waals surface area contributed by atoms with Crippen molar-refractivity contribution in [3.8, 4) is 0 Å². The molecule has 4 heteroatoms. The number of rotatable bonds is 6. The molecule has 0 N–H and O–H groups in total. The molecular weight excluding hydrogens is 286 g/mol. The van der Waals surface area contributed by atoms with Gasteiger partial charge in [-0.1, -0.05) is 24.1 Å². The minimum atomic E-state index is -1.06. The van der Waals surface area contributed by atoms with Crippen molar-refractivity contribution >= 4 is 11.6 Å². The maximum absolute atomic E-state index is 6.76. The van der Waals surface area contributed by atoms with Crippen LogP contribution in [0.2, 0.25) is 0 Å². The lowest BCUT2D eigenvalue weighted by Gasteiger charge is -2.34. The molecule has 2 rings (SSSR count). The number of allylic oxidation sites excluding steroid dienone is 1. The van der Waals surface area contributed by atoms with Crippen molar-refractivity contribution in [2.45, 2.75) is 51.7 Å². The summed E-state index contributed by atoms with van der Waals surface area (Å²) in [6.45, 7) is 4.93. The molecule has 0 atom stereocenters. The highest BCUT2D eigenvalue weighted by atomic mass is 35.5. The fraction of sp³-hybridized carbons (Fsp3) is 0.588. The van der Waals surface area contributed by atoms with Crippen molar-refractivity contribution in [1.29, 1.82) is 0 Å². The van der Waals surface area contributed by atoms with E-state index in [1.807, 2.05) is 32.0 Å². The van der Waals surface area contributed by atoms with Gasteiger partial charge in [-0.25, -0.2) is 0 Å². The van der Waals surface area contributed by atoms with Gasteiger partial charge in [0.25, 0.3) is 5.79 Å². The third-order valence-corrected chi connectivity index (χ3v) is 4.27. The van der Waals surface area contributed by atoms with Gasteiger partial charge in [-0.2, -0.15) is 0 Å². The van der Waals surface area contributed by atoms with Gasteiger partial charge in [-0.15, -0.1) is 0 Å². The van der Waals surface area contributed by atoms with Crippen LogP contribution in [0.3, 0.4) is 0 Å². The van der Waals surface area contributed by atoms with Gasteiger partial charge in [0.15, 0.2) is 0 Å². The molecule has 0 spiro atoms. The molecule has 1 aromatic rings. The number of pyridine rings is 1. The van der Waals surface area contributed by atoms with Gasteiger partial charge in [0, 0.05) is 19.4 Å². The van der Waals surface area contributed by atoms with Crippen LogP contribution in [0, 0.1) is 0 Å². The van der Waals surface area contributed by atoms with Crippen molar-refractivity contribution in [2.24, 2.45) is 0 Å². The van der Waals surface area contributed by atoms with E-state index >= 15 is 0 Å². The summed E-state index contributed by atoms with van der Waals surface area (Å²) in [5.41, 5.74) is 1.97. The Bertz CT molecular complexity index is 459. The summed E-state index contributed by atoms with van der Waals surface area (Å²) in [6.07, 6.45) is 7.43. The van der Waals surface area contributed by atoms with E-state index in [1.165, 1.54) is 24.8 Å². The monoisotopic (exact) mass is 309 g/mol. The number of ether oxygens (including phenoxy) is 2. The Labute approximate surface area is 132 Å². The van der Waals surface area contributed by atoms with Crippen LogP contribution in [0.5, 0.6) is 0 Å². The molecular formula is C17H24ClNO2. The molecule has 1 aliphatic rings. The van der Waals surface area contributed by atoms with Crippen molar-refractivity contribution in [2.75, 3.05) is 13.2 Å². The summed E-state index contributed by atoms with van der Waals surface area (Å²) >= 11 is 6.76. The average Bonchev–Trinajstić information content (AvgIpc) is 2.55. The molecule has 0 aromatic carbocycles. The van der Waals surface area contributed by atoms with Crippen LogP contribution in [-0.4, -0.2) is 18.2 Å². The number of hydrogen-bond acceptors (Lipinski definition) is 3. The molecule has 1 heterocycles. The minimum Gasteiger partial charge on any atom is -0.341 e. The molecule has 0 unspecified atom stereocenters. The first kappa shape index (κ1) is 16.5. The number of aromatic nitrogens is 1. The second kappa shape index (κ2) is 7.92. The highest BCUT2D eigenvalue weighted by Gasteiger charge is 2.41. The maximum Gasteiger partial charge on any atom is 0.250 e. The van der Waals surface area contributed by atoms with E-state index in [1.54, 1.807) is 6.20 Å². The zero-order chi connectivity index (χ0) is 15.1. The molecule has 116 valence electrons. The van der Waals surface area contributed by atoms with Crippen LogP contribution in [0.25, 0.3) is 0 Å². The molecule has 0 saturated heterocycles. The summed E-state index contributed by atoms with van der Waals surface area (Å²) in [5, 5.41) is 0.671. The zero-order valence-corrected chi connectivity index (χ0v) is 13.7. The maximum atomic E-state index is 6.76. The first-order valence-electron chi connectivity index (χ1n) is 7.82. The Morgan fingerprint density at radius 3 is 2.33 bits per heavy atom. The average molecular weight is 310 g/mol. The van der Waals surface area contributed by atoms with Crippen LogP contribution in [0.4, 0.5) is 0 Å². The number of halogens is 1. The fourth-order valence-corrected chi connectivity index (χ4v) is 3.22. The summed E-state index contributed by atoms with van der Waals surface area (Å²) in [7, 11) is 0. The molecule has 1 saturated carbocycles. The third-order valence-electron chi connectivity index (χ3n) is 3.75. The van der Waals surface area contributed by atoms with Crippen LogP contribution in [0.15, 0.2) is 35.0 Å². The summed E-state index contributed by atoms with van der Waals surface area (Å²) < 4.78 is 12.0. The van der Waals surface area contributed by atoms with E-state index in [9.17, 15) is 0 Å². The highest BCUT2D eigenvalue weighted by Crippen LogP contribution is 2.41. The van der Waals surface area contributed by atoms with Gasteiger partial charge >= 0.3 is 0 Å². The Morgan fingerprint density at radius 2 is 1.81 bits per heavy atom. The normalized spacial score (nSPS) is 16.0. The van der Waals surface area contributed by atoms with Gasteiger partial charge in [-0.3, -0.25) is 4.98 Å². The second-order valence-electron chi connectivity index (χ2n) is 5.18. The lowest BCUT2D eigenvalue weighted by atomic mass is 9.92. The van der Waals surface area contributed by atoms with E-state index in [0.29, 0.717) is 18.2 Å². The largest absolute Gasteiger partial charge is 0.341 e. The molecule has 0 radical (unpaired) electrons. The smallest absolute Gasteiger partial charge is 0.250 e. The summed E-state index contributed by atoms with van der Waals surface area (Å²) in [6, 6.07) is 5.73. The fourth-order valence-electron chi connectivity index (χ4n) is 2.82. The lowest BCUT2D eigenvalue weighted by Crippen LogP contribution is -2.36. The molecule has 0 aliphatic heterocycles. The van der Waals surface area contributed by atoms with E-state index in [4.69, 9.17) is 21.1 Å². The lowest BCUT2D eigenvalue weighted by molar-refractivity contribution is -0.214. The Kier molecular flexibility index (Phi) is 6.22. The number of hydrogen-bond donors (Lipinski definition) is 0. The van der Waals surface area contributed by atoms with Crippen LogP contribution >= 0.6 is 11.6 Å². The Morgan fingerprint density at radius 1 is 1.14 bits per heavy atom. The first-order valence-corrected chi connectivity index (χ1v) is 8.19. The molecule has 21 heavy (non-hydrogen) atoms. The molecule has 1 fully saturated rings. The van der Waals surface area contributed by atoms with Crippen LogP contribution in [-0.2, 0) is 15.3 Å². The Balaban J connectivity index is 2.48. The minimum absolute atomic E-state index is 0.514. The Hall–Kier alpha value is -0.900. The van der Waals surface area contributed by atoms with Crippen molar-refractivity contribution < 1.29 is 9.47 Å². The van der Waals surface area contributed by atoms with Crippen LogP contribution < -0.4 is 0 Å². The van der Waals surface area contributed by atoms with Gasteiger partial charge in [0.05, 0.1) is 5.03 Å². The van der Waals surface area contributed by atoms with Crippen molar-refractivity contribution in [1.82, 2.24) is 4.98 Å². The predicted molar refractivity (Wildman–Crippen MR) is 85.1 cm³/mol. The highest BCUT2D eigenvalue weighted by molar-refractivity contribution is 6.30. The summed E-state index contributed by atoms with van der Waals surface area (Å²) in [5.74, 6) is -1.06. The molecule has 1 aromatic heterocycles. The van der Waals surface area contributed by atoms with Crippen molar-refractivity contribution in [3.63, 3.8) is 0 Å². The molecule has 3 nitrogen and oxygen atoms in total. The van der Waals surface area contributed by atoms with E-state index in [0.717, 1.165) is 18.5 Å². The zero-order valence-electron chi connectivity index (χ0n) is 12.9. The van der Waals surface area contributed by atoms with Gasteiger partial charge < -0.3 is 9.47 Å². The predicted octanol–water partition coefficient (Wildman–Crippen LogP) is 4.76. The van der Waals surface area contributed by atoms with Crippen molar-refractivity contribution in [3.05, 3.63) is 40.7 Å². The quantitative estimate of drug-likeness (QED) is 0.710.